The first-order valence-electron chi connectivity index (χ1n) is 9.63. The number of carbonyl (C=O) groups is 2. The maximum Gasteiger partial charge on any atom is 0.322 e. The van der Waals surface area contributed by atoms with Gasteiger partial charge in [0.25, 0.3) is 0 Å². The van der Waals surface area contributed by atoms with Gasteiger partial charge in [-0.2, -0.15) is 0 Å². The SMILES string of the molecule is CCC(C)N(CCC(=O)NCCc1ccccc1)C(=O)Nc1ccc(Br)cc1. The number of anilines is 1. The van der Waals surface area contributed by atoms with Crippen molar-refractivity contribution >= 4 is 33.6 Å². The maximum atomic E-state index is 12.7. The lowest BCUT2D eigenvalue weighted by Gasteiger charge is -2.28. The molecular formula is C22H28BrN3O2. The number of hydrogen-bond donors (Lipinski definition) is 2. The Labute approximate surface area is 175 Å². The molecule has 6 heteroatoms. The minimum atomic E-state index is -0.186. The zero-order chi connectivity index (χ0) is 20.4. The van der Waals surface area contributed by atoms with Crippen LogP contribution in [-0.2, 0) is 11.2 Å². The van der Waals surface area contributed by atoms with Crippen molar-refractivity contribution in [3.05, 3.63) is 64.6 Å². The van der Waals surface area contributed by atoms with Crippen LogP contribution in [-0.4, -0.2) is 36.0 Å². The van der Waals surface area contributed by atoms with E-state index in [0.717, 1.165) is 23.0 Å². The van der Waals surface area contributed by atoms with Crippen LogP contribution in [0, 0.1) is 0 Å². The zero-order valence-electron chi connectivity index (χ0n) is 16.5. The quantitative estimate of drug-likeness (QED) is 0.580. The Hall–Kier alpha value is -2.34. The minimum Gasteiger partial charge on any atom is -0.356 e. The van der Waals surface area contributed by atoms with E-state index in [0.29, 0.717) is 13.1 Å². The average molecular weight is 446 g/mol. The molecule has 0 aliphatic rings. The molecule has 3 amide bonds. The fraction of sp³-hybridized carbons (Fsp3) is 0.364. The standard InChI is InChI=1S/C22H28BrN3O2/c1-3-17(2)26(22(28)25-20-11-9-19(23)10-12-20)16-14-21(27)24-15-13-18-7-5-4-6-8-18/h4-12,17H,3,13-16H2,1-2H3,(H,24,27)(H,25,28). The molecular weight excluding hydrogens is 418 g/mol. The number of nitrogens with zero attached hydrogens (tertiary/aromatic N) is 1. The summed E-state index contributed by atoms with van der Waals surface area (Å²) in [6, 6.07) is 17.3. The molecule has 0 heterocycles. The maximum absolute atomic E-state index is 12.7. The van der Waals surface area contributed by atoms with Gasteiger partial charge in [0, 0.05) is 35.7 Å². The van der Waals surface area contributed by atoms with Crippen LogP contribution >= 0.6 is 15.9 Å². The molecule has 2 aromatic rings. The van der Waals surface area contributed by atoms with E-state index < -0.39 is 0 Å². The van der Waals surface area contributed by atoms with Gasteiger partial charge in [-0.05, 0) is 49.6 Å². The number of rotatable bonds is 9. The molecule has 0 spiro atoms. The van der Waals surface area contributed by atoms with Gasteiger partial charge in [-0.25, -0.2) is 4.79 Å². The van der Waals surface area contributed by atoms with E-state index in [9.17, 15) is 9.59 Å². The number of urea groups is 1. The summed E-state index contributed by atoms with van der Waals surface area (Å²) in [7, 11) is 0. The topological polar surface area (TPSA) is 61.4 Å². The molecule has 2 rings (SSSR count). The lowest BCUT2D eigenvalue weighted by atomic mass is 10.1. The van der Waals surface area contributed by atoms with E-state index >= 15 is 0 Å². The molecule has 0 fully saturated rings. The molecule has 0 bridgehead atoms. The Kier molecular flexibility index (Phi) is 9.01. The van der Waals surface area contributed by atoms with Gasteiger partial charge in [0.1, 0.15) is 0 Å². The second-order valence-corrected chi connectivity index (χ2v) is 7.64. The van der Waals surface area contributed by atoms with Gasteiger partial charge in [-0.3, -0.25) is 4.79 Å². The first-order valence-corrected chi connectivity index (χ1v) is 10.4. The summed E-state index contributed by atoms with van der Waals surface area (Å²) in [5.74, 6) is -0.0410. The number of benzene rings is 2. The van der Waals surface area contributed by atoms with Gasteiger partial charge in [-0.1, -0.05) is 53.2 Å². The normalized spacial score (nSPS) is 11.5. The van der Waals surface area contributed by atoms with Gasteiger partial charge in [0.15, 0.2) is 0 Å². The average Bonchev–Trinajstić information content (AvgIpc) is 2.70. The molecule has 0 radical (unpaired) electrons. The highest BCUT2D eigenvalue weighted by molar-refractivity contribution is 9.10. The Morgan fingerprint density at radius 1 is 1.07 bits per heavy atom. The molecule has 1 unspecified atom stereocenters. The Morgan fingerprint density at radius 2 is 1.75 bits per heavy atom. The van der Waals surface area contributed by atoms with Gasteiger partial charge in [-0.15, -0.1) is 0 Å². The van der Waals surface area contributed by atoms with E-state index in [1.54, 1.807) is 4.90 Å². The van der Waals surface area contributed by atoms with Crippen LogP contribution in [0.25, 0.3) is 0 Å². The second-order valence-electron chi connectivity index (χ2n) is 6.72. The van der Waals surface area contributed by atoms with Crippen molar-refractivity contribution in [1.82, 2.24) is 10.2 Å². The molecule has 0 saturated carbocycles. The lowest BCUT2D eigenvalue weighted by Crippen LogP contribution is -2.43. The van der Waals surface area contributed by atoms with Gasteiger partial charge < -0.3 is 15.5 Å². The lowest BCUT2D eigenvalue weighted by molar-refractivity contribution is -0.121. The fourth-order valence-corrected chi connectivity index (χ4v) is 3.04. The number of carbonyl (C=O) groups excluding carboxylic acids is 2. The first kappa shape index (κ1) is 22.0. The number of halogens is 1. The van der Waals surface area contributed by atoms with Crippen LogP contribution in [0.3, 0.4) is 0 Å². The van der Waals surface area contributed by atoms with E-state index in [4.69, 9.17) is 0 Å². The third kappa shape index (κ3) is 7.35. The molecule has 1 atom stereocenters. The predicted molar refractivity (Wildman–Crippen MR) is 117 cm³/mol. The molecule has 0 aromatic heterocycles. The van der Waals surface area contributed by atoms with Crippen molar-refractivity contribution in [2.75, 3.05) is 18.4 Å². The smallest absolute Gasteiger partial charge is 0.322 e. The summed E-state index contributed by atoms with van der Waals surface area (Å²) >= 11 is 3.38. The Morgan fingerprint density at radius 3 is 2.39 bits per heavy atom. The van der Waals surface area contributed by atoms with E-state index in [1.165, 1.54) is 5.56 Å². The van der Waals surface area contributed by atoms with Crippen molar-refractivity contribution in [2.24, 2.45) is 0 Å². The third-order valence-electron chi connectivity index (χ3n) is 4.64. The second kappa shape index (κ2) is 11.5. The molecule has 0 aliphatic carbocycles. The van der Waals surface area contributed by atoms with Crippen molar-refractivity contribution in [3.63, 3.8) is 0 Å². The Bertz CT molecular complexity index is 750. The fourth-order valence-electron chi connectivity index (χ4n) is 2.77. The summed E-state index contributed by atoms with van der Waals surface area (Å²) in [6.07, 6.45) is 1.90. The van der Waals surface area contributed by atoms with Crippen LogP contribution < -0.4 is 10.6 Å². The van der Waals surface area contributed by atoms with Crippen LogP contribution in [0.4, 0.5) is 10.5 Å². The molecule has 0 aliphatic heterocycles. The zero-order valence-corrected chi connectivity index (χ0v) is 18.0. The molecule has 2 aromatic carbocycles. The highest BCUT2D eigenvalue weighted by Crippen LogP contribution is 2.15. The Balaban J connectivity index is 1.82. The molecule has 0 saturated heterocycles. The summed E-state index contributed by atoms with van der Waals surface area (Å²) in [6.45, 7) is 5.00. The van der Waals surface area contributed by atoms with Crippen LogP contribution in [0.5, 0.6) is 0 Å². The molecule has 150 valence electrons. The highest BCUT2D eigenvalue weighted by atomic mass is 79.9. The van der Waals surface area contributed by atoms with Gasteiger partial charge in [0.05, 0.1) is 0 Å². The van der Waals surface area contributed by atoms with E-state index in [-0.39, 0.29) is 24.4 Å². The molecule has 5 nitrogen and oxygen atoms in total. The summed E-state index contributed by atoms with van der Waals surface area (Å²) in [5.41, 5.74) is 1.92. The summed E-state index contributed by atoms with van der Waals surface area (Å²) in [4.78, 5) is 26.6. The number of hydrogen-bond acceptors (Lipinski definition) is 2. The van der Waals surface area contributed by atoms with Crippen LogP contribution in [0.1, 0.15) is 32.3 Å². The largest absolute Gasteiger partial charge is 0.356 e. The van der Waals surface area contributed by atoms with E-state index in [2.05, 4.69) is 26.6 Å². The van der Waals surface area contributed by atoms with E-state index in [1.807, 2.05) is 68.4 Å². The van der Waals surface area contributed by atoms with Crippen molar-refractivity contribution < 1.29 is 9.59 Å². The molecule has 2 N–H and O–H groups in total. The molecule has 28 heavy (non-hydrogen) atoms. The van der Waals surface area contributed by atoms with Crippen molar-refractivity contribution in [1.29, 1.82) is 0 Å². The van der Waals surface area contributed by atoms with Crippen molar-refractivity contribution in [2.45, 2.75) is 39.2 Å². The van der Waals surface area contributed by atoms with Gasteiger partial charge in [0.2, 0.25) is 5.91 Å². The highest BCUT2D eigenvalue weighted by Gasteiger charge is 2.20. The van der Waals surface area contributed by atoms with Crippen LogP contribution in [0.15, 0.2) is 59.1 Å². The third-order valence-corrected chi connectivity index (χ3v) is 5.17. The monoisotopic (exact) mass is 445 g/mol. The van der Waals surface area contributed by atoms with Crippen LogP contribution in [0.2, 0.25) is 0 Å². The number of amides is 3. The predicted octanol–water partition coefficient (Wildman–Crippen LogP) is 4.83. The summed E-state index contributed by atoms with van der Waals surface area (Å²) < 4.78 is 0.955. The first-order chi connectivity index (χ1) is 13.5. The van der Waals surface area contributed by atoms with Gasteiger partial charge >= 0.3 is 6.03 Å². The summed E-state index contributed by atoms with van der Waals surface area (Å²) in [5, 5.41) is 5.84. The number of nitrogens with one attached hydrogen (secondary N) is 2. The van der Waals surface area contributed by atoms with Crippen molar-refractivity contribution in [3.8, 4) is 0 Å². The minimum absolute atomic E-state index is 0.0410.